The van der Waals surface area contributed by atoms with Gasteiger partial charge in [0.05, 0.1) is 21.7 Å². The van der Waals surface area contributed by atoms with E-state index in [1.807, 2.05) is 6.92 Å². The van der Waals surface area contributed by atoms with Crippen LogP contribution in [0.15, 0.2) is 22.7 Å². The summed E-state index contributed by atoms with van der Waals surface area (Å²) in [6.07, 6.45) is 0.703. The fourth-order valence-corrected chi connectivity index (χ4v) is 1.93. The molecule has 0 aromatic heterocycles. The average molecular weight is 393 g/mol. The van der Waals surface area contributed by atoms with Crippen molar-refractivity contribution in [3.05, 3.63) is 33.8 Å². The molecule has 0 bridgehead atoms. The molecule has 1 aliphatic rings. The largest absolute Gasteiger partial charge is 0.478 e. The van der Waals surface area contributed by atoms with E-state index >= 15 is 0 Å². The van der Waals surface area contributed by atoms with Crippen molar-refractivity contribution in [2.24, 2.45) is 0 Å². The van der Waals surface area contributed by atoms with E-state index in [1.165, 1.54) is 0 Å². The number of halogens is 2. The van der Waals surface area contributed by atoms with Crippen molar-refractivity contribution in [2.45, 2.75) is 19.8 Å². The van der Waals surface area contributed by atoms with E-state index in [9.17, 15) is 14.4 Å². The highest BCUT2D eigenvalue weighted by atomic mass is 79.9. The fourth-order valence-electron chi connectivity index (χ4n) is 1.33. The highest BCUT2D eigenvalue weighted by Gasteiger charge is 2.26. The van der Waals surface area contributed by atoms with Crippen LogP contribution in [0, 0.1) is 6.92 Å². The Morgan fingerprint density at radius 3 is 2.11 bits per heavy atom. The van der Waals surface area contributed by atoms with Gasteiger partial charge in [0, 0.05) is 17.3 Å². The van der Waals surface area contributed by atoms with E-state index in [1.54, 1.807) is 18.2 Å². The third-order valence-corrected chi connectivity index (χ3v) is 4.08. The highest BCUT2D eigenvalue weighted by molar-refractivity contribution is 9.10. The molecule has 7 heteroatoms. The molecule has 1 aliphatic heterocycles. The molecule has 0 radical (unpaired) electrons. The molecular formula is C12H11Br2NO4. The third kappa shape index (κ3) is 4.43. The maximum atomic E-state index is 10.4. The van der Waals surface area contributed by atoms with E-state index in [0.717, 1.165) is 14.0 Å². The van der Waals surface area contributed by atoms with Crippen molar-refractivity contribution in [1.82, 2.24) is 3.93 Å². The summed E-state index contributed by atoms with van der Waals surface area (Å²) in [5, 5.41) is 8.58. The molecule has 1 heterocycles. The second-order valence-corrected chi connectivity index (χ2v) is 5.40. The first-order valence-electron chi connectivity index (χ1n) is 5.34. The van der Waals surface area contributed by atoms with Gasteiger partial charge in [0.25, 0.3) is 0 Å². The Morgan fingerprint density at radius 2 is 1.79 bits per heavy atom. The van der Waals surface area contributed by atoms with Crippen LogP contribution in [0.5, 0.6) is 0 Å². The zero-order valence-corrected chi connectivity index (χ0v) is 13.2. The first-order chi connectivity index (χ1) is 8.82. The number of carbonyl (C=O) groups is 3. The Balaban J connectivity index is 0.000000200. The SMILES string of the molecule is Cc1cc(C(=O)O)ccc1Br.O=C1CCC(=O)N1Br. The number of rotatable bonds is 1. The highest BCUT2D eigenvalue weighted by Crippen LogP contribution is 2.16. The van der Waals surface area contributed by atoms with Crippen molar-refractivity contribution in [3.63, 3.8) is 0 Å². The Labute approximate surface area is 127 Å². The molecule has 1 fully saturated rings. The first-order valence-corrected chi connectivity index (χ1v) is 6.84. The van der Waals surface area contributed by atoms with Crippen LogP contribution in [0.1, 0.15) is 28.8 Å². The van der Waals surface area contributed by atoms with Crippen LogP contribution < -0.4 is 0 Å². The Kier molecular flexibility index (Phi) is 5.68. The molecule has 102 valence electrons. The van der Waals surface area contributed by atoms with Gasteiger partial charge >= 0.3 is 5.97 Å². The number of carbonyl (C=O) groups excluding carboxylic acids is 2. The zero-order chi connectivity index (χ0) is 14.6. The average Bonchev–Trinajstić information content (AvgIpc) is 2.65. The lowest BCUT2D eigenvalue weighted by molar-refractivity contribution is -0.131. The fraction of sp³-hybridized carbons (Fsp3) is 0.250. The van der Waals surface area contributed by atoms with Crippen LogP contribution in [-0.4, -0.2) is 26.8 Å². The van der Waals surface area contributed by atoms with Crippen molar-refractivity contribution >= 4 is 49.9 Å². The maximum absolute atomic E-state index is 10.4. The lowest BCUT2D eigenvalue weighted by Gasteiger charge is -1.98. The molecule has 0 unspecified atom stereocenters. The normalized spacial score (nSPS) is 14.2. The zero-order valence-electron chi connectivity index (χ0n) is 10.0. The van der Waals surface area contributed by atoms with Crippen LogP contribution in [0.25, 0.3) is 0 Å². The quantitative estimate of drug-likeness (QED) is 0.589. The predicted molar refractivity (Wildman–Crippen MR) is 75.9 cm³/mol. The van der Waals surface area contributed by atoms with Crippen molar-refractivity contribution in [1.29, 1.82) is 0 Å². The summed E-state index contributed by atoms with van der Waals surface area (Å²) in [7, 11) is 0. The molecule has 1 aromatic carbocycles. The predicted octanol–water partition coefficient (Wildman–Crippen LogP) is 2.90. The molecule has 2 rings (SSSR count). The number of amides is 2. The maximum Gasteiger partial charge on any atom is 0.335 e. The summed E-state index contributed by atoms with van der Waals surface area (Å²) in [4.78, 5) is 31.3. The van der Waals surface area contributed by atoms with Gasteiger partial charge in [-0.25, -0.2) is 8.72 Å². The van der Waals surface area contributed by atoms with E-state index in [0.29, 0.717) is 18.4 Å². The van der Waals surface area contributed by atoms with Gasteiger partial charge in [-0.1, -0.05) is 15.9 Å². The number of aryl methyl sites for hydroxylation is 1. The number of carboxylic acids is 1. The van der Waals surface area contributed by atoms with E-state index in [2.05, 4.69) is 32.1 Å². The molecule has 0 spiro atoms. The van der Waals surface area contributed by atoms with Crippen molar-refractivity contribution in [2.75, 3.05) is 0 Å². The summed E-state index contributed by atoms with van der Waals surface area (Å²) in [5.74, 6) is -1.18. The van der Waals surface area contributed by atoms with Gasteiger partial charge in [0.1, 0.15) is 0 Å². The molecule has 1 aromatic rings. The van der Waals surface area contributed by atoms with Crippen LogP contribution in [0.3, 0.4) is 0 Å². The van der Waals surface area contributed by atoms with Crippen LogP contribution in [0.2, 0.25) is 0 Å². The topological polar surface area (TPSA) is 74.7 Å². The van der Waals surface area contributed by atoms with Gasteiger partial charge in [-0.2, -0.15) is 0 Å². The molecule has 5 nitrogen and oxygen atoms in total. The number of aromatic carboxylic acids is 1. The standard InChI is InChI=1S/C8H7BrO2.C4H4BrNO2/c1-5-4-6(8(10)11)2-3-7(5)9;5-6-3(7)1-2-4(6)8/h2-4H,1H3,(H,10,11);1-2H2. The third-order valence-electron chi connectivity index (χ3n) is 2.40. The van der Waals surface area contributed by atoms with Gasteiger partial charge < -0.3 is 5.11 Å². The minimum atomic E-state index is -0.888. The van der Waals surface area contributed by atoms with Gasteiger partial charge in [-0.15, -0.1) is 0 Å². The summed E-state index contributed by atoms with van der Waals surface area (Å²) >= 11 is 6.09. The first kappa shape index (κ1) is 15.8. The Hall–Kier alpha value is -1.21. The second kappa shape index (κ2) is 6.81. The molecule has 1 saturated heterocycles. The Morgan fingerprint density at radius 1 is 1.26 bits per heavy atom. The lowest BCUT2D eigenvalue weighted by atomic mass is 10.1. The molecule has 0 atom stereocenters. The number of imide groups is 1. The van der Waals surface area contributed by atoms with E-state index < -0.39 is 5.97 Å². The number of hydrogen-bond donors (Lipinski definition) is 1. The molecule has 0 saturated carbocycles. The summed E-state index contributed by atoms with van der Waals surface area (Å²) in [5.41, 5.74) is 1.26. The minimum Gasteiger partial charge on any atom is -0.478 e. The summed E-state index contributed by atoms with van der Waals surface area (Å²) < 4.78 is 1.91. The van der Waals surface area contributed by atoms with Gasteiger partial charge in [0.15, 0.2) is 0 Å². The summed E-state index contributed by atoms with van der Waals surface area (Å²) in [6, 6.07) is 4.94. The number of benzene rings is 1. The monoisotopic (exact) mass is 391 g/mol. The van der Waals surface area contributed by atoms with Crippen molar-refractivity contribution < 1.29 is 19.5 Å². The molecule has 2 amide bonds. The van der Waals surface area contributed by atoms with Crippen LogP contribution in [0.4, 0.5) is 0 Å². The van der Waals surface area contributed by atoms with E-state index in [-0.39, 0.29) is 11.8 Å². The molecule has 0 aliphatic carbocycles. The number of nitrogens with zero attached hydrogens (tertiary/aromatic N) is 1. The number of hydrogen-bond acceptors (Lipinski definition) is 3. The molecule has 19 heavy (non-hydrogen) atoms. The van der Waals surface area contributed by atoms with Gasteiger partial charge in [-0.05, 0) is 30.7 Å². The van der Waals surface area contributed by atoms with Crippen LogP contribution >= 0.6 is 32.1 Å². The van der Waals surface area contributed by atoms with Crippen molar-refractivity contribution in [3.8, 4) is 0 Å². The number of carboxylic acid groups (broad SMARTS) is 1. The van der Waals surface area contributed by atoms with Gasteiger partial charge in [-0.3, -0.25) is 9.59 Å². The van der Waals surface area contributed by atoms with E-state index in [4.69, 9.17) is 5.11 Å². The smallest absolute Gasteiger partial charge is 0.335 e. The van der Waals surface area contributed by atoms with Crippen LogP contribution in [-0.2, 0) is 9.59 Å². The molecule has 1 N–H and O–H groups in total. The molecular weight excluding hydrogens is 382 g/mol. The summed E-state index contributed by atoms with van der Waals surface area (Å²) in [6.45, 7) is 1.86. The minimum absolute atomic E-state index is 0.144. The lowest BCUT2D eigenvalue weighted by Crippen LogP contribution is -2.16. The van der Waals surface area contributed by atoms with Gasteiger partial charge in [0.2, 0.25) is 11.8 Å². The second-order valence-electron chi connectivity index (χ2n) is 3.84. The Bertz CT molecular complexity index is 514.